The lowest BCUT2D eigenvalue weighted by Crippen LogP contribution is -2.59. The molecule has 13 heteroatoms. The maximum absolute atomic E-state index is 10.5. The molecule has 0 spiro atoms. The Morgan fingerprint density at radius 1 is 1.16 bits per heavy atom. The fraction of sp³-hybridized carbons (Fsp3) is 0.750. The summed E-state index contributed by atoms with van der Waals surface area (Å²) < 4.78 is 41.9. The summed E-state index contributed by atoms with van der Waals surface area (Å²) in [5, 5.41) is 46.4. The van der Waals surface area contributed by atoms with Crippen molar-refractivity contribution in [2.75, 3.05) is 13.2 Å². The van der Waals surface area contributed by atoms with E-state index >= 15 is 0 Å². The maximum Gasteiger partial charge on any atom is 0.394 e. The molecular formula is C12H22O12S. The van der Waals surface area contributed by atoms with Crippen LogP contribution in [0.2, 0.25) is 0 Å². The van der Waals surface area contributed by atoms with Gasteiger partial charge in [-0.05, 0) is 13.3 Å². The van der Waals surface area contributed by atoms with E-state index in [9.17, 15) is 20.1 Å². The van der Waals surface area contributed by atoms with Gasteiger partial charge < -0.3 is 35.0 Å². The Morgan fingerprint density at radius 2 is 1.68 bits per heavy atom. The van der Waals surface area contributed by atoms with Crippen LogP contribution in [0.3, 0.4) is 0 Å². The highest BCUT2D eigenvalue weighted by molar-refractivity contribution is 7.79. The van der Waals surface area contributed by atoms with Crippen molar-refractivity contribution in [3.8, 4) is 0 Å². The predicted octanol–water partition coefficient (Wildman–Crippen LogP) is -2.43. The highest BCUT2D eigenvalue weighted by Gasteiger charge is 2.43. The second-order valence-corrected chi connectivity index (χ2v) is 5.89. The molecule has 0 radical (unpaired) electrons. The van der Waals surface area contributed by atoms with Gasteiger partial charge in [0.15, 0.2) is 6.29 Å². The quantitative estimate of drug-likeness (QED) is 0.143. The zero-order valence-electron chi connectivity index (χ0n) is 13.2. The normalized spacial score (nSPS) is 30.4. The van der Waals surface area contributed by atoms with Gasteiger partial charge in [-0.25, -0.2) is 4.79 Å². The molecule has 1 aliphatic rings. The molecule has 0 amide bonds. The first kappa shape index (κ1) is 23.8. The number of hydrogen-bond donors (Lipinski definition) is 7. The third kappa shape index (κ3) is 9.78. The predicted molar refractivity (Wildman–Crippen MR) is 79.9 cm³/mol. The molecule has 0 aliphatic carbocycles. The van der Waals surface area contributed by atoms with E-state index in [4.69, 9.17) is 37.2 Å². The van der Waals surface area contributed by atoms with Crippen molar-refractivity contribution in [3.05, 3.63) is 11.6 Å². The molecule has 0 bridgehead atoms. The molecule has 1 unspecified atom stereocenters. The minimum atomic E-state index is -4.67. The molecule has 1 heterocycles. The molecule has 12 nitrogen and oxygen atoms in total. The highest BCUT2D eigenvalue weighted by atomic mass is 32.3. The summed E-state index contributed by atoms with van der Waals surface area (Å²) in [6, 6.07) is 0. The van der Waals surface area contributed by atoms with Gasteiger partial charge in [0.05, 0.1) is 13.2 Å². The van der Waals surface area contributed by atoms with Crippen LogP contribution in [0.25, 0.3) is 0 Å². The van der Waals surface area contributed by atoms with Crippen molar-refractivity contribution in [3.63, 3.8) is 0 Å². The van der Waals surface area contributed by atoms with Crippen molar-refractivity contribution in [1.29, 1.82) is 0 Å². The minimum absolute atomic E-state index is 0.0628. The Morgan fingerprint density at radius 3 is 2.12 bits per heavy atom. The van der Waals surface area contributed by atoms with Gasteiger partial charge in [0, 0.05) is 5.57 Å². The van der Waals surface area contributed by atoms with E-state index in [-0.39, 0.29) is 18.6 Å². The summed E-state index contributed by atoms with van der Waals surface area (Å²) in [7, 11) is -4.67. The van der Waals surface area contributed by atoms with Crippen molar-refractivity contribution in [2.24, 2.45) is 0 Å². The summed E-state index contributed by atoms with van der Waals surface area (Å²) >= 11 is 0. The molecular weight excluding hydrogens is 368 g/mol. The molecule has 148 valence electrons. The van der Waals surface area contributed by atoms with Gasteiger partial charge >= 0.3 is 16.4 Å². The van der Waals surface area contributed by atoms with E-state index in [1.165, 1.54) is 13.0 Å². The van der Waals surface area contributed by atoms with Crippen molar-refractivity contribution in [2.45, 2.75) is 44.1 Å². The van der Waals surface area contributed by atoms with Gasteiger partial charge in [0.1, 0.15) is 24.4 Å². The summed E-state index contributed by atoms with van der Waals surface area (Å²) in [5.41, 5.74) is 0.169. The third-order valence-corrected chi connectivity index (χ3v) is 3.04. The number of aliphatic hydroxyl groups is 4. The van der Waals surface area contributed by atoms with Crippen molar-refractivity contribution < 1.29 is 57.3 Å². The van der Waals surface area contributed by atoms with E-state index in [0.717, 1.165) is 0 Å². The Labute approximate surface area is 143 Å². The topological polar surface area (TPSA) is 211 Å². The average molecular weight is 390 g/mol. The third-order valence-electron chi connectivity index (χ3n) is 3.04. The zero-order chi connectivity index (χ0) is 19.8. The van der Waals surface area contributed by atoms with E-state index < -0.39 is 53.7 Å². The van der Waals surface area contributed by atoms with Gasteiger partial charge in [0.2, 0.25) is 0 Å². The van der Waals surface area contributed by atoms with E-state index in [1.807, 2.05) is 0 Å². The van der Waals surface area contributed by atoms with Crippen molar-refractivity contribution in [1.82, 2.24) is 0 Å². The van der Waals surface area contributed by atoms with Crippen LogP contribution in [0, 0.1) is 0 Å². The molecule has 5 atom stereocenters. The molecule has 0 aromatic rings. The molecule has 1 rings (SSSR count). The number of carboxylic acid groups (broad SMARTS) is 1. The standard InChI is InChI=1S/C12H20O8.H2O4S/c1-6(11(17)18)3-2-4-19-12-10(16)9(15)8(14)7(5-13)20-12;1-5(2,3)4/h3,7-10,12-16H,2,4-5H2,1H3,(H,17,18);(H2,1,2,3,4)/t7-,8-,9+,10-,12?;/m1./s1. The molecule has 25 heavy (non-hydrogen) atoms. The van der Waals surface area contributed by atoms with Crippen LogP contribution in [0.5, 0.6) is 0 Å². The van der Waals surface area contributed by atoms with Crippen LogP contribution in [-0.2, 0) is 24.7 Å². The van der Waals surface area contributed by atoms with Gasteiger partial charge in [0.25, 0.3) is 0 Å². The molecule has 7 N–H and O–H groups in total. The fourth-order valence-corrected chi connectivity index (χ4v) is 1.75. The number of carbonyl (C=O) groups is 1. The lowest BCUT2D eigenvalue weighted by Gasteiger charge is -2.39. The van der Waals surface area contributed by atoms with Gasteiger partial charge in [-0.15, -0.1) is 0 Å². The number of aliphatic hydroxyl groups excluding tert-OH is 4. The molecule has 1 saturated heterocycles. The SMILES string of the molecule is CC(=CCCOC1O[C@H](CO)[C@@H](O)[C@H](O)[C@H]1O)C(=O)O.O=S(=O)(O)O. The highest BCUT2D eigenvalue weighted by Crippen LogP contribution is 2.22. The van der Waals surface area contributed by atoms with Gasteiger partial charge in [-0.3, -0.25) is 9.11 Å². The summed E-state index contributed by atoms with van der Waals surface area (Å²) in [6.45, 7) is 0.979. The minimum Gasteiger partial charge on any atom is -0.478 e. The molecule has 0 aromatic carbocycles. The molecule has 0 saturated carbocycles. The van der Waals surface area contributed by atoms with Crippen LogP contribution in [-0.4, -0.2) is 92.9 Å². The summed E-state index contributed by atoms with van der Waals surface area (Å²) in [5.74, 6) is -1.03. The number of rotatable bonds is 6. The molecule has 0 aromatic heterocycles. The van der Waals surface area contributed by atoms with E-state index in [0.29, 0.717) is 0 Å². The smallest absolute Gasteiger partial charge is 0.394 e. The second kappa shape index (κ2) is 10.7. The van der Waals surface area contributed by atoms with Crippen LogP contribution in [0.1, 0.15) is 13.3 Å². The number of hydrogen-bond acceptors (Lipinski definition) is 9. The van der Waals surface area contributed by atoms with Gasteiger partial charge in [-0.1, -0.05) is 6.08 Å². The van der Waals surface area contributed by atoms with Crippen molar-refractivity contribution >= 4 is 16.4 Å². The first-order chi connectivity index (χ1) is 11.4. The Bertz CT molecular complexity index is 534. The largest absolute Gasteiger partial charge is 0.478 e. The Kier molecular flexibility index (Phi) is 10.2. The van der Waals surface area contributed by atoms with Gasteiger partial charge in [-0.2, -0.15) is 8.42 Å². The maximum atomic E-state index is 10.5. The van der Waals surface area contributed by atoms with Crippen LogP contribution in [0.15, 0.2) is 11.6 Å². The monoisotopic (exact) mass is 390 g/mol. The lowest BCUT2D eigenvalue weighted by atomic mass is 9.99. The Hall–Kier alpha value is -1.16. The second-order valence-electron chi connectivity index (χ2n) is 5.00. The Balaban J connectivity index is 0.00000101. The van der Waals surface area contributed by atoms with Crippen LogP contribution < -0.4 is 0 Å². The summed E-state index contributed by atoms with van der Waals surface area (Å²) in [4.78, 5) is 10.5. The van der Waals surface area contributed by atoms with E-state index in [2.05, 4.69) is 0 Å². The lowest BCUT2D eigenvalue weighted by molar-refractivity contribution is -0.300. The summed E-state index contributed by atoms with van der Waals surface area (Å²) in [6.07, 6.45) is -4.83. The van der Waals surface area contributed by atoms with Crippen LogP contribution >= 0.6 is 0 Å². The first-order valence-corrected chi connectivity index (χ1v) is 8.30. The van der Waals surface area contributed by atoms with Crippen LogP contribution in [0.4, 0.5) is 0 Å². The fourth-order valence-electron chi connectivity index (χ4n) is 1.75. The molecule has 1 fully saturated rings. The van der Waals surface area contributed by atoms with E-state index in [1.54, 1.807) is 0 Å². The first-order valence-electron chi connectivity index (χ1n) is 6.90. The number of aliphatic carboxylic acids is 1. The number of ether oxygens (including phenoxy) is 2. The average Bonchev–Trinajstić information content (AvgIpc) is 2.49. The number of carboxylic acids is 1. The zero-order valence-corrected chi connectivity index (χ0v) is 14.0. The molecule has 1 aliphatic heterocycles.